The average molecular weight is 375 g/mol. The van der Waals surface area contributed by atoms with Crippen LogP contribution in [0.15, 0.2) is 54.7 Å². The number of fused-ring (bicyclic) bond motifs is 1. The zero-order valence-corrected chi connectivity index (χ0v) is 15.8. The lowest BCUT2D eigenvalue weighted by Gasteiger charge is -2.20. The highest BCUT2D eigenvalue weighted by atomic mass is 16.5. The van der Waals surface area contributed by atoms with Crippen LogP contribution in [0.5, 0.6) is 5.75 Å². The van der Waals surface area contributed by atoms with E-state index >= 15 is 0 Å². The maximum Gasteiger partial charge on any atom is 0.229 e. The lowest BCUT2D eigenvalue weighted by atomic mass is 10.1. The second-order valence-corrected chi connectivity index (χ2v) is 6.95. The van der Waals surface area contributed by atoms with Gasteiger partial charge >= 0.3 is 0 Å². The summed E-state index contributed by atoms with van der Waals surface area (Å²) in [5.41, 5.74) is 3.25. The molecule has 1 aliphatic heterocycles. The van der Waals surface area contributed by atoms with Gasteiger partial charge in [0.15, 0.2) is 0 Å². The molecule has 1 atom stereocenters. The zero-order valence-electron chi connectivity index (χ0n) is 15.8. The predicted molar refractivity (Wildman–Crippen MR) is 109 cm³/mol. The molecule has 0 saturated carbocycles. The van der Waals surface area contributed by atoms with Crippen LogP contribution in [-0.4, -0.2) is 30.5 Å². The molecule has 0 spiro atoms. The molecule has 0 unspecified atom stereocenters. The molecule has 28 heavy (non-hydrogen) atoms. The summed E-state index contributed by atoms with van der Waals surface area (Å²) >= 11 is 0. The van der Waals surface area contributed by atoms with Gasteiger partial charge in [0.25, 0.3) is 0 Å². The number of benzene rings is 2. The number of carbonyl (C=O) groups excluding carboxylic acids is 2. The number of aryl methyl sites for hydroxylation is 1. The standard InChI is InChI=1S/C22H21N3O3/c1-14-8-9-20(28-2)19(11-14)25-13-15(12-21(25)26)22(27)24-18-7-3-6-17-16(18)5-4-10-23-17/h3-11,15H,12-13H2,1-2H3,(H,24,27)/t15-/m0/s1. The number of rotatable bonds is 4. The molecule has 1 aliphatic rings. The first-order valence-electron chi connectivity index (χ1n) is 9.16. The summed E-state index contributed by atoms with van der Waals surface area (Å²) in [6, 6.07) is 15.0. The third kappa shape index (κ3) is 3.29. The molecule has 6 heteroatoms. The van der Waals surface area contributed by atoms with Crippen LogP contribution in [-0.2, 0) is 9.59 Å². The summed E-state index contributed by atoms with van der Waals surface area (Å²) in [7, 11) is 1.58. The lowest BCUT2D eigenvalue weighted by molar-refractivity contribution is -0.122. The number of nitrogens with zero attached hydrogens (tertiary/aromatic N) is 2. The van der Waals surface area contributed by atoms with Crippen molar-refractivity contribution in [1.29, 1.82) is 0 Å². The fourth-order valence-corrected chi connectivity index (χ4v) is 3.57. The van der Waals surface area contributed by atoms with Gasteiger partial charge in [0.2, 0.25) is 11.8 Å². The molecule has 3 aromatic rings. The van der Waals surface area contributed by atoms with Crippen molar-refractivity contribution in [3.05, 3.63) is 60.3 Å². The summed E-state index contributed by atoms with van der Waals surface area (Å²) in [5.74, 6) is -0.0489. The van der Waals surface area contributed by atoms with Crippen LogP contribution in [0.4, 0.5) is 11.4 Å². The van der Waals surface area contributed by atoms with Crippen molar-refractivity contribution >= 4 is 34.1 Å². The van der Waals surface area contributed by atoms with Crippen LogP contribution < -0.4 is 15.0 Å². The Morgan fingerprint density at radius 3 is 2.89 bits per heavy atom. The number of pyridine rings is 1. The fraction of sp³-hybridized carbons (Fsp3) is 0.227. The van der Waals surface area contributed by atoms with E-state index in [0.717, 1.165) is 16.5 Å². The molecule has 2 heterocycles. The third-order valence-corrected chi connectivity index (χ3v) is 5.02. The fourth-order valence-electron chi connectivity index (χ4n) is 3.57. The van der Waals surface area contributed by atoms with Gasteiger partial charge in [-0.05, 0) is 48.9 Å². The van der Waals surface area contributed by atoms with Crippen LogP contribution >= 0.6 is 0 Å². The van der Waals surface area contributed by atoms with Crippen LogP contribution in [0.2, 0.25) is 0 Å². The van der Waals surface area contributed by atoms with E-state index in [4.69, 9.17) is 4.74 Å². The van der Waals surface area contributed by atoms with E-state index in [1.807, 2.05) is 55.5 Å². The highest BCUT2D eigenvalue weighted by molar-refractivity contribution is 6.06. The van der Waals surface area contributed by atoms with Crippen molar-refractivity contribution in [2.24, 2.45) is 5.92 Å². The zero-order chi connectivity index (χ0) is 19.7. The number of hydrogen-bond acceptors (Lipinski definition) is 4. The first-order valence-corrected chi connectivity index (χ1v) is 9.16. The first-order chi connectivity index (χ1) is 13.6. The van der Waals surface area contributed by atoms with Crippen molar-refractivity contribution in [2.75, 3.05) is 23.9 Å². The normalized spacial score (nSPS) is 16.4. The Hall–Kier alpha value is -3.41. The minimum absolute atomic E-state index is 0.0800. The quantitative estimate of drug-likeness (QED) is 0.757. The Bertz CT molecular complexity index is 1060. The second-order valence-electron chi connectivity index (χ2n) is 6.95. The Labute approximate surface area is 163 Å². The number of ether oxygens (including phenoxy) is 1. The van der Waals surface area contributed by atoms with Crippen LogP contribution in [0, 0.1) is 12.8 Å². The first kappa shape index (κ1) is 18.0. The van der Waals surface area contributed by atoms with Crippen LogP contribution in [0.1, 0.15) is 12.0 Å². The average Bonchev–Trinajstić information content (AvgIpc) is 3.10. The van der Waals surface area contributed by atoms with E-state index in [2.05, 4.69) is 10.3 Å². The van der Waals surface area contributed by atoms with Gasteiger partial charge in [0.05, 0.1) is 29.9 Å². The largest absolute Gasteiger partial charge is 0.495 e. The molecule has 142 valence electrons. The van der Waals surface area contributed by atoms with Gasteiger partial charge in [0.1, 0.15) is 5.75 Å². The third-order valence-electron chi connectivity index (χ3n) is 5.02. The van der Waals surface area contributed by atoms with Gasteiger partial charge in [-0.15, -0.1) is 0 Å². The monoisotopic (exact) mass is 375 g/mol. The number of carbonyl (C=O) groups is 2. The number of amides is 2. The van der Waals surface area contributed by atoms with Gasteiger partial charge in [0, 0.05) is 24.5 Å². The highest BCUT2D eigenvalue weighted by Crippen LogP contribution is 2.34. The number of nitrogens with one attached hydrogen (secondary N) is 1. The topological polar surface area (TPSA) is 71.5 Å². The Kier molecular flexibility index (Phi) is 4.69. The van der Waals surface area contributed by atoms with E-state index in [1.54, 1.807) is 18.2 Å². The van der Waals surface area contributed by atoms with E-state index in [1.165, 1.54) is 0 Å². The summed E-state index contributed by atoms with van der Waals surface area (Å²) < 4.78 is 5.40. The molecule has 0 aliphatic carbocycles. The second kappa shape index (κ2) is 7.31. The van der Waals surface area contributed by atoms with Crippen LogP contribution in [0.3, 0.4) is 0 Å². The van der Waals surface area contributed by atoms with Gasteiger partial charge in [-0.25, -0.2) is 0 Å². The molecular formula is C22H21N3O3. The van der Waals surface area contributed by atoms with Gasteiger partial charge < -0.3 is 15.0 Å². The number of aromatic nitrogens is 1. The Morgan fingerprint density at radius 1 is 1.21 bits per heavy atom. The smallest absolute Gasteiger partial charge is 0.229 e. The molecule has 1 saturated heterocycles. The molecule has 0 bridgehead atoms. The molecule has 2 aromatic carbocycles. The van der Waals surface area contributed by atoms with Crippen molar-refractivity contribution in [3.63, 3.8) is 0 Å². The number of hydrogen-bond donors (Lipinski definition) is 1. The van der Waals surface area contributed by atoms with Crippen molar-refractivity contribution < 1.29 is 14.3 Å². The number of anilines is 2. The highest BCUT2D eigenvalue weighted by Gasteiger charge is 2.36. The molecule has 1 aromatic heterocycles. The van der Waals surface area contributed by atoms with E-state index in [-0.39, 0.29) is 18.2 Å². The molecular weight excluding hydrogens is 354 g/mol. The molecule has 6 nitrogen and oxygen atoms in total. The summed E-state index contributed by atoms with van der Waals surface area (Å²) in [6.45, 7) is 2.29. The van der Waals surface area contributed by atoms with Crippen molar-refractivity contribution in [2.45, 2.75) is 13.3 Å². The van der Waals surface area contributed by atoms with Crippen molar-refractivity contribution in [3.8, 4) is 5.75 Å². The number of methoxy groups -OCH3 is 1. The predicted octanol–water partition coefficient (Wildman–Crippen LogP) is 3.54. The van der Waals surface area contributed by atoms with Gasteiger partial charge in [-0.1, -0.05) is 12.1 Å². The summed E-state index contributed by atoms with van der Waals surface area (Å²) in [6.07, 6.45) is 1.89. The molecule has 0 radical (unpaired) electrons. The minimum atomic E-state index is -0.426. The van der Waals surface area contributed by atoms with Gasteiger partial charge in [-0.3, -0.25) is 14.6 Å². The van der Waals surface area contributed by atoms with E-state index < -0.39 is 5.92 Å². The van der Waals surface area contributed by atoms with E-state index in [0.29, 0.717) is 23.7 Å². The Morgan fingerprint density at radius 2 is 2.07 bits per heavy atom. The SMILES string of the molecule is COc1ccc(C)cc1N1C[C@@H](C(=O)Nc2cccc3ncccc23)CC1=O. The van der Waals surface area contributed by atoms with Crippen molar-refractivity contribution in [1.82, 2.24) is 4.98 Å². The van der Waals surface area contributed by atoms with Gasteiger partial charge in [-0.2, -0.15) is 0 Å². The molecule has 1 N–H and O–H groups in total. The molecule has 4 rings (SSSR count). The summed E-state index contributed by atoms with van der Waals surface area (Å²) in [4.78, 5) is 31.4. The molecule has 2 amide bonds. The minimum Gasteiger partial charge on any atom is -0.495 e. The lowest BCUT2D eigenvalue weighted by Crippen LogP contribution is -2.28. The van der Waals surface area contributed by atoms with E-state index in [9.17, 15) is 9.59 Å². The molecule has 1 fully saturated rings. The maximum absolute atomic E-state index is 12.9. The maximum atomic E-state index is 12.9. The Balaban J connectivity index is 1.56. The summed E-state index contributed by atoms with van der Waals surface area (Å²) in [5, 5.41) is 3.85. The van der Waals surface area contributed by atoms with Crippen LogP contribution in [0.25, 0.3) is 10.9 Å².